The first-order valence-electron chi connectivity index (χ1n) is 12.8. The number of hydrogen-bond acceptors (Lipinski definition) is 3. The number of ether oxygens (including phenoxy) is 2. The zero-order valence-corrected chi connectivity index (χ0v) is 20.4. The van der Waals surface area contributed by atoms with Crippen molar-refractivity contribution in [2.24, 2.45) is 0 Å². The molecule has 2 aromatic rings. The Morgan fingerprint density at radius 2 is 1.89 bits per heavy atom. The first-order valence-corrected chi connectivity index (χ1v) is 12.8. The van der Waals surface area contributed by atoms with Crippen molar-refractivity contribution in [1.29, 1.82) is 0 Å². The van der Waals surface area contributed by atoms with Crippen molar-refractivity contribution in [3.05, 3.63) is 70.5 Å². The van der Waals surface area contributed by atoms with E-state index in [1.807, 2.05) is 18.2 Å². The fourth-order valence-electron chi connectivity index (χ4n) is 5.74. The Kier molecular flexibility index (Phi) is 7.21. The van der Waals surface area contributed by atoms with Gasteiger partial charge in [0.05, 0.1) is 32.5 Å². The second-order valence-electron chi connectivity index (χ2n) is 10.2. The van der Waals surface area contributed by atoms with E-state index in [1.54, 1.807) is 6.07 Å². The molecular formula is C29H34F3NO2. The van der Waals surface area contributed by atoms with E-state index in [9.17, 15) is 4.39 Å². The maximum absolute atomic E-state index is 15.6. The lowest BCUT2D eigenvalue weighted by Crippen LogP contribution is -2.57. The van der Waals surface area contributed by atoms with Gasteiger partial charge in [0, 0.05) is 24.2 Å². The summed E-state index contributed by atoms with van der Waals surface area (Å²) in [4.78, 5) is 2.14. The molecule has 5 rings (SSSR count). The van der Waals surface area contributed by atoms with Crippen molar-refractivity contribution in [3.8, 4) is 5.75 Å². The molecule has 35 heavy (non-hydrogen) atoms. The normalized spacial score (nSPS) is 23.1. The van der Waals surface area contributed by atoms with Gasteiger partial charge in [-0.05, 0) is 67.4 Å². The summed E-state index contributed by atoms with van der Waals surface area (Å²) in [5.41, 5.74) is 4.13. The number of hydrogen-bond donors (Lipinski definition) is 0. The Hall–Kier alpha value is -2.31. The van der Waals surface area contributed by atoms with E-state index in [-0.39, 0.29) is 44.3 Å². The molecule has 3 nitrogen and oxygen atoms in total. The highest BCUT2D eigenvalue weighted by molar-refractivity contribution is 5.79. The standard InChI is InChI=1S/C29H34F3NO2/c1-20-14-25-23-9-5-4-8-21(23)15-26(25)28(33(20)17-29(32)18-34-19-29)24-11-10-22(16-27(24)31)35-13-7-3-2-6-12-30/h4-5,8-11,16,20,28H,2-3,6-7,12-15,17-19H2,1H3/t20-,28-/m1/s1. The van der Waals surface area contributed by atoms with Gasteiger partial charge >= 0.3 is 0 Å². The summed E-state index contributed by atoms with van der Waals surface area (Å²) < 4.78 is 54.1. The monoisotopic (exact) mass is 485 g/mol. The molecule has 2 heterocycles. The first kappa shape index (κ1) is 24.4. The second-order valence-corrected chi connectivity index (χ2v) is 10.2. The molecule has 0 spiro atoms. The van der Waals surface area contributed by atoms with E-state index in [2.05, 4.69) is 24.0 Å². The molecule has 3 aliphatic rings. The SMILES string of the molecule is C[C@@H]1CC2=C(Cc3ccccc32)[C@@H](c2ccc(OCCCCCCF)cc2F)N1CC1(F)COC1. The molecule has 0 N–H and O–H groups in total. The van der Waals surface area contributed by atoms with Gasteiger partial charge in [-0.3, -0.25) is 9.29 Å². The molecule has 188 valence electrons. The van der Waals surface area contributed by atoms with E-state index in [0.29, 0.717) is 24.3 Å². The van der Waals surface area contributed by atoms with Crippen molar-refractivity contribution in [1.82, 2.24) is 4.90 Å². The van der Waals surface area contributed by atoms with Crippen LogP contribution < -0.4 is 4.74 Å². The summed E-state index contributed by atoms with van der Waals surface area (Å²) in [6, 6.07) is 13.2. The van der Waals surface area contributed by atoms with E-state index in [4.69, 9.17) is 9.47 Å². The third-order valence-electron chi connectivity index (χ3n) is 7.59. The average molecular weight is 486 g/mol. The highest BCUT2D eigenvalue weighted by atomic mass is 19.1. The topological polar surface area (TPSA) is 21.7 Å². The Morgan fingerprint density at radius 3 is 2.63 bits per heavy atom. The first-order chi connectivity index (χ1) is 17.0. The van der Waals surface area contributed by atoms with Gasteiger partial charge in [0.15, 0.2) is 5.67 Å². The fraction of sp³-hybridized carbons (Fsp3) is 0.517. The third-order valence-corrected chi connectivity index (χ3v) is 7.59. The Bertz CT molecular complexity index is 1080. The number of nitrogens with zero attached hydrogens (tertiary/aromatic N) is 1. The summed E-state index contributed by atoms with van der Waals surface area (Å²) in [5, 5.41) is 0. The predicted molar refractivity (Wildman–Crippen MR) is 132 cm³/mol. The van der Waals surface area contributed by atoms with Gasteiger partial charge in [0.2, 0.25) is 0 Å². The number of benzene rings is 2. The molecule has 1 fully saturated rings. The lowest BCUT2D eigenvalue weighted by Gasteiger charge is -2.47. The van der Waals surface area contributed by atoms with Crippen LogP contribution in [0.5, 0.6) is 5.75 Å². The molecule has 6 heteroatoms. The van der Waals surface area contributed by atoms with Gasteiger partial charge in [-0.25, -0.2) is 8.78 Å². The van der Waals surface area contributed by atoms with Crippen LogP contribution >= 0.6 is 0 Å². The number of halogens is 3. The van der Waals surface area contributed by atoms with Crippen molar-refractivity contribution in [2.45, 2.75) is 63.2 Å². The molecule has 0 aromatic heterocycles. The van der Waals surface area contributed by atoms with Crippen molar-refractivity contribution in [3.63, 3.8) is 0 Å². The van der Waals surface area contributed by atoms with Crippen LogP contribution in [-0.2, 0) is 11.2 Å². The molecule has 2 atom stereocenters. The lowest BCUT2D eigenvalue weighted by molar-refractivity contribution is -0.147. The second kappa shape index (κ2) is 10.4. The van der Waals surface area contributed by atoms with Crippen molar-refractivity contribution >= 4 is 5.57 Å². The van der Waals surface area contributed by atoms with Crippen molar-refractivity contribution in [2.75, 3.05) is 33.0 Å². The summed E-state index contributed by atoms with van der Waals surface area (Å²) in [6.45, 7) is 2.71. The van der Waals surface area contributed by atoms with Crippen molar-refractivity contribution < 1.29 is 22.6 Å². The molecule has 0 amide bonds. The largest absolute Gasteiger partial charge is 0.493 e. The quantitative estimate of drug-likeness (QED) is 0.353. The zero-order valence-electron chi connectivity index (χ0n) is 20.4. The molecule has 2 aliphatic heterocycles. The molecule has 1 aliphatic carbocycles. The summed E-state index contributed by atoms with van der Waals surface area (Å²) in [7, 11) is 0. The Labute approximate surface area is 205 Å². The average Bonchev–Trinajstić information content (AvgIpc) is 3.19. The minimum absolute atomic E-state index is 0.0674. The van der Waals surface area contributed by atoms with Crippen LogP contribution in [0.25, 0.3) is 5.57 Å². The Morgan fingerprint density at radius 1 is 1.09 bits per heavy atom. The molecule has 2 aromatic carbocycles. The van der Waals surface area contributed by atoms with Gasteiger partial charge in [-0.15, -0.1) is 0 Å². The van der Waals surface area contributed by atoms with Crippen LogP contribution in [0.1, 0.15) is 61.8 Å². The highest BCUT2D eigenvalue weighted by Gasteiger charge is 2.47. The summed E-state index contributed by atoms with van der Waals surface area (Å²) in [5.74, 6) is 0.162. The van der Waals surface area contributed by atoms with Crippen LogP contribution in [0, 0.1) is 5.82 Å². The minimum Gasteiger partial charge on any atom is -0.493 e. The number of rotatable bonds is 10. The van der Waals surface area contributed by atoms with Crippen LogP contribution in [0.4, 0.5) is 13.2 Å². The van der Waals surface area contributed by atoms with E-state index >= 15 is 8.78 Å². The molecule has 0 radical (unpaired) electrons. The number of fused-ring (bicyclic) bond motifs is 2. The number of unbranched alkanes of at least 4 members (excludes halogenated alkanes) is 3. The van der Waals surface area contributed by atoms with E-state index in [0.717, 1.165) is 32.1 Å². The smallest absolute Gasteiger partial charge is 0.169 e. The highest BCUT2D eigenvalue weighted by Crippen LogP contribution is 2.50. The van der Waals surface area contributed by atoms with Gasteiger partial charge in [-0.1, -0.05) is 36.8 Å². The molecule has 1 saturated heterocycles. The number of alkyl halides is 2. The van der Waals surface area contributed by atoms with E-state index < -0.39 is 5.67 Å². The van der Waals surface area contributed by atoms with Crippen LogP contribution in [0.15, 0.2) is 48.0 Å². The van der Waals surface area contributed by atoms with E-state index in [1.165, 1.54) is 28.3 Å². The Balaban J connectivity index is 1.41. The fourth-order valence-corrected chi connectivity index (χ4v) is 5.74. The van der Waals surface area contributed by atoms with Crippen LogP contribution in [0.2, 0.25) is 0 Å². The minimum atomic E-state index is -1.39. The predicted octanol–water partition coefficient (Wildman–Crippen LogP) is 6.62. The maximum Gasteiger partial charge on any atom is 0.169 e. The zero-order chi connectivity index (χ0) is 24.4. The van der Waals surface area contributed by atoms with Gasteiger partial charge in [0.25, 0.3) is 0 Å². The summed E-state index contributed by atoms with van der Waals surface area (Å²) >= 11 is 0. The molecular weight excluding hydrogens is 451 g/mol. The molecule has 0 bridgehead atoms. The third kappa shape index (κ3) is 5.01. The molecule has 0 saturated carbocycles. The van der Waals surface area contributed by atoms with Gasteiger partial charge < -0.3 is 9.47 Å². The van der Waals surface area contributed by atoms with Crippen LogP contribution in [0.3, 0.4) is 0 Å². The van der Waals surface area contributed by atoms with Gasteiger partial charge in [0.1, 0.15) is 11.6 Å². The molecule has 0 unspecified atom stereocenters. The lowest BCUT2D eigenvalue weighted by atomic mass is 9.84. The maximum atomic E-state index is 15.6. The van der Waals surface area contributed by atoms with Crippen LogP contribution in [-0.4, -0.2) is 49.7 Å². The summed E-state index contributed by atoms with van der Waals surface area (Å²) in [6.07, 6.45) is 4.70. The van der Waals surface area contributed by atoms with Gasteiger partial charge in [-0.2, -0.15) is 0 Å².